The average molecular weight is 433 g/mol. The maximum absolute atomic E-state index is 13.3. The van der Waals surface area contributed by atoms with Crippen molar-refractivity contribution in [1.82, 2.24) is 4.98 Å². The van der Waals surface area contributed by atoms with E-state index in [0.29, 0.717) is 18.0 Å². The Labute approximate surface area is 171 Å². The Kier molecular flexibility index (Phi) is 5.72. The molecule has 3 rings (SSSR count). The van der Waals surface area contributed by atoms with E-state index < -0.39 is 37.2 Å². The zero-order valence-electron chi connectivity index (χ0n) is 17.2. The van der Waals surface area contributed by atoms with E-state index in [9.17, 15) is 22.0 Å². The quantitative estimate of drug-likeness (QED) is 0.622. The fraction of sp³-hybridized carbons (Fsp3) is 0.600. The number of pyridine rings is 1. The van der Waals surface area contributed by atoms with Crippen molar-refractivity contribution in [3.63, 3.8) is 0 Å². The second kappa shape index (κ2) is 7.70. The molecule has 5 nitrogen and oxygen atoms in total. The molecule has 3 heterocycles. The summed E-state index contributed by atoms with van der Waals surface area (Å²) >= 11 is 0. The van der Waals surface area contributed by atoms with Crippen LogP contribution in [0.25, 0.3) is 5.70 Å². The number of alkyl halides is 5. The van der Waals surface area contributed by atoms with Crippen molar-refractivity contribution in [2.75, 3.05) is 24.6 Å². The topological polar surface area (TPSA) is 47.0 Å². The van der Waals surface area contributed by atoms with Crippen molar-refractivity contribution < 1.29 is 31.4 Å². The number of aliphatic imine (C=N–C) groups is 1. The number of ether oxygens (including phenoxy) is 2. The Hall–Kier alpha value is -2.39. The molecule has 0 radical (unpaired) electrons. The molecule has 1 saturated heterocycles. The van der Waals surface area contributed by atoms with Gasteiger partial charge in [-0.15, -0.1) is 0 Å². The molecule has 0 aliphatic carbocycles. The minimum Gasteiger partial charge on any atom is -0.482 e. The Bertz CT molecular complexity index is 851. The van der Waals surface area contributed by atoms with Crippen LogP contribution in [0.5, 0.6) is 5.75 Å². The van der Waals surface area contributed by atoms with Crippen LogP contribution in [0.4, 0.5) is 27.6 Å². The van der Waals surface area contributed by atoms with E-state index in [2.05, 4.69) is 9.98 Å². The van der Waals surface area contributed by atoms with Gasteiger partial charge >= 0.3 is 6.18 Å². The summed E-state index contributed by atoms with van der Waals surface area (Å²) < 4.78 is 75.4. The zero-order chi connectivity index (χ0) is 22.3. The highest BCUT2D eigenvalue weighted by atomic mass is 19.4. The Morgan fingerprint density at radius 1 is 1.23 bits per heavy atom. The molecule has 1 aromatic heterocycles. The van der Waals surface area contributed by atoms with Crippen LogP contribution in [-0.4, -0.2) is 48.8 Å². The van der Waals surface area contributed by atoms with Crippen LogP contribution in [0.15, 0.2) is 23.3 Å². The van der Waals surface area contributed by atoms with Gasteiger partial charge in [0, 0.05) is 17.9 Å². The van der Waals surface area contributed by atoms with Crippen molar-refractivity contribution in [3.8, 4) is 5.75 Å². The molecule has 10 heteroatoms. The summed E-state index contributed by atoms with van der Waals surface area (Å²) in [5.74, 6) is -2.58. The van der Waals surface area contributed by atoms with Gasteiger partial charge in [0.05, 0.1) is 36.4 Å². The van der Waals surface area contributed by atoms with Crippen molar-refractivity contribution in [2.45, 2.75) is 52.3 Å². The highest BCUT2D eigenvalue weighted by Crippen LogP contribution is 2.39. The lowest BCUT2D eigenvalue weighted by molar-refractivity contribution is -0.153. The predicted molar refractivity (Wildman–Crippen MR) is 103 cm³/mol. The van der Waals surface area contributed by atoms with Gasteiger partial charge in [-0.1, -0.05) is 26.8 Å². The molecule has 2 aliphatic heterocycles. The average Bonchev–Trinajstić information content (AvgIpc) is 2.79. The highest BCUT2D eigenvalue weighted by Gasteiger charge is 2.45. The van der Waals surface area contributed by atoms with Gasteiger partial charge in [-0.3, -0.25) is 4.98 Å². The van der Waals surface area contributed by atoms with Crippen LogP contribution >= 0.6 is 0 Å². The summed E-state index contributed by atoms with van der Waals surface area (Å²) in [5, 5.41) is 0. The zero-order valence-corrected chi connectivity index (χ0v) is 17.2. The lowest BCUT2D eigenvalue weighted by Gasteiger charge is -2.40. The summed E-state index contributed by atoms with van der Waals surface area (Å²) in [7, 11) is 0. The van der Waals surface area contributed by atoms with Crippen LogP contribution in [0.2, 0.25) is 0 Å². The summed E-state index contributed by atoms with van der Waals surface area (Å²) in [6.07, 6.45) is -1.14. The summed E-state index contributed by atoms with van der Waals surface area (Å²) in [6.45, 7) is 4.94. The van der Waals surface area contributed by atoms with Crippen LogP contribution in [0.3, 0.4) is 0 Å². The smallest absolute Gasteiger partial charge is 0.422 e. The van der Waals surface area contributed by atoms with Crippen LogP contribution in [-0.2, 0) is 4.74 Å². The van der Waals surface area contributed by atoms with Gasteiger partial charge in [-0.2, -0.15) is 13.2 Å². The molecule has 0 spiro atoms. The van der Waals surface area contributed by atoms with Crippen LogP contribution in [0.1, 0.15) is 39.8 Å². The third kappa shape index (κ3) is 5.40. The molecule has 0 amide bonds. The Morgan fingerprint density at radius 2 is 1.90 bits per heavy atom. The lowest BCUT2D eigenvalue weighted by atomic mass is 9.96. The number of rotatable bonds is 4. The molecule has 0 saturated carbocycles. The summed E-state index contributed by atoms with van der Waals surface area (Å²) in [6, 6.07) is 1.31. The first-order chi connectivity index (χ1) is 13.7. The number of hydrogen-bond donors (Lipinski definition) is 0. The molecular formula is C20H24F5N3O2. The van der Waals surface area contributed by atoms with E-state index >= 15 is 0 Å². The van der Waals surface area contributed by atoms with Gasteiger partial charge < -0.3 is 14.4 Å². The molecule has 1 unspecified atom stereocenters. The molecule has 1 atom stereocenters. The number of anilines is 1. The number of aromatic nitrogens is 1. The summed E-state index contributed by atoms with van der Waals surface area (Å²) in [5.41, 5.74) is 0.410. The van der Waals surface area contributed by atoms with Gasteiger partial charge in [0.25, 0.3) is 5.92 Å². The number of nitrogens with zero attached hydrogens (tertiary/aromatic N) is 3. The SMILES string of the molecule is CC1CC=C(c2cc(OCC(F)(F)F)c(N3CC(F)(F)C3)cn2)N=C(C(C)(C)C)O1. The minimum atomic E-state index is -4.57. The predicted octanol–water partition coefficient (Wildman–Crippen LogP) is 5.07. The van der Waals surface area contributed by atoms with E-state index in [4.69, 9.17) is 9.47 Å². The molecule has 2 aliphatic rings. The van der Waals surface area contributed by atoms with E-state index in [1.54, 1.807) is 6.08 Å². The summed E-state index contributed by atoms with van der Waals surface area (Å²) in [4.78, 5) is 10.0. The van der Waals surface area contributed by atoms with Crippen molar-refractivity contribution in [1.29, 1.82) is 0 Å². The van der Waals surface area contributed by atoms with Crippen molar-refractivity contribution in [2.24, 2.45) is 10.4 Å². The monoisotopic (exact) mass is 433 g/mol. The maximum atomic E-state index is 13.3. The minimum absolute atomic E-state index is 0.0905. The first-order valence-electron chi connectivity index (χ1n) is 9.52. The van der Waals surface area contributed by atoms with Crippen LogP contribution < -0.4 is 9.64 Å². The number of hydrogen-bond acceptors (Lipinski definition) is 5. The second-order valence-electron chi connectivity index (χ2n) is 8.57. The first kappa shape index (κ1) is 22.3. The third-order valence-electron chi connectivity index (χ3n) is 4.50. The largest absolute Gasteiger partial charge is 0.482 e. The van der Waals surface area contributed by atoms with Gasteiger partial charge in [0.1, 0.15) is 11.9 Å². The van der Waals surface area contributed by atoms with E-state index in [0.717, 1.165) is 0 Å². The van der Waals surface area contributed by atoms with E-state index in [1.807, 2.05) is 27.7 Å². The van der Waals surface area contributed by atoms with Crippen LogP contribution in [0, 0.1) is 5.41 Å². The van der Waals surface area contributed by atoms with E-state index in [-0.39, 0.29) is 23.2 Å². The van der Waals surface area contributed by atoms with Gasteiger partial charge in [-0.25, -0.2) is 13.8 Å². The molecule has 166 valence electrons. The number of halogens is 5. The highest BCUT2D eigenvalue weighted by molar-refractivity contribution is 5.88. The molecular weight excluding hydrogens is 409 g/mol. The fourth-order valence-electron chi connectivity index (χ4n) is 2.97. The molecule has 1 aromatic rings. The third-order valence-corrected chi connectivity index (χ3v) is 4.50. The van der Waals surface area contributed by atoms with E-state index in [1.165, 1.54) is 17.2 Å². The standard InChI is InChI=1S/C20H24F5N3O2/c1-12-5-6-13(27-17(30-12)18(2,3)4)14-7-16(29-11-20(23,24)25)15(8-26-14)28-9-19(21,22)10-28/h6-8,12H,5,9-11H2,1-4H3. The second-order valence-corrected chi connectivity index (χ2v) is 8.57. The fourth-order valence-corrected chi connectivity index (χ4v) is 2.97. The molecule has 30 heavy (non-hydrogen) atoms. The first-order valence-corrected chi connectivity index (χ1v) is 9.52. The van der Waals surface area contributed by atoms with Gasteiger partial charge in [-0.05, 0) is 6.92 Å². The van der Waals surface area contributed by atoms with Crippen molar-refractivity contribution >= 4 is 17.3 Å². The molecule has 0 bridgehead atoms. The lowest BCUT2D eigenvalue weighted by Crippen LogP contribution is -2.56. The molecule has 0 N–H and O–H groups in total. The van der Waals surface area contributed by atoms with Gasteiger partial charge in [0.15, 0.2) is 12.5 Å². The Morgan fingerprint density at radius 3 is 2.47 bits per heavy atom. The van der Waals surface area contributed by atoms with Gasteiger partial charge in [0.2, 0.25) is 0 Å². The molecule has 0 aromatic carbocycles. The van der Waals surface area contributed by atoms with Crippen molar-refractivity contribution in [3.05, 3.63) is 24.0 Å². The normalized spacial score (nSPS) is 21.8. The molecule has 1 fully saturated rings. The maximum Gasteiger partial charge on any atom is 0.422 e. The Balaban J connectivity index is 1.96.